The Morgan fingerprint density at radius 3 is 2.64 bits per heavy atom. The first-order valence-electron chi connectivity index (χ1n) is 4.47. The number of fused-ring (bicyclic) bond motifs is 2. The highest BCUT2D eigenvalue weighted by atomic mass is 16.4. The topological polar surface area (TPSA) is 86.6 Å². The third-order valence-corrected chi connectivity index (χ3v) is 3.06. The van der Waals surface area contributed by atoms with Gasteiger partial charge < -0.3 is 15.5 Å². The van der Waals surface area contributed by atoms with E-state index in [0.717, 1.165) is 0 Å². The number of carbonyl (C=O) groups is 2. The summed E-state index contributed by atoms with van der Waals surface area (Å²) in [6, 6.07) is 0. The average molecular weight is 197 g/mol. The lowest BCUT2D eigenvalue weighted by Gasteiger charge is -2.29. The molecule has 3 unspecified atom stereocenters. The van der Waals surface area contributed by atoms with Crippen molar-refractivity contribution in [1.82, 2.24) is 5.32 Å². The molecule has 0 aromatic carbocycles. The third kappa shape index (κ3) is 1.16. The number of carboxylic acid groups (broad SMARTS) is 2. The van der Waals surface area contributed by atoms with Crippen molar-refractivity contribution in [3.05, 3.63) is 12.2 Å². The Hall–Kier alpha value is -1.52. The predicted molar refractivity (Wildman–Crippen MR) is 46.9 cm³/mol. The molecule has 0 saturated heterocycles. The van der Waals surface area contributed by atoms with Crippen LogP contribution >= 0.6 is 0 Å². The molecule has 14 heavy (non-hydrogen) atoms. The Morgan fingerprint density at radius 1 is 1.43 bits per heavy atom. The van der Waals surface area contributed by atoms with E-state index in [-0.39, 0.29) is 5.92 Å². The molecule has 0 spiro atoms. The summed E-state index contributed by atoms with van der Waals surface area (Å²) >= 11 is 0. The molecule has 5 nitrogen and oxygen atoms in total. The van der Waals surface area contributed by atoms with Crippen LogP contribution in [0.15, 0.2) is 12.2 Å². The van der Waals surface area contributed by atoms with Crippen LogP contribution in [0, 0.1) is 11.8 Å². The minimum absolute atomic E-state index is 0.211. The van der Waals surface area contributed by atoms with E-state index in [1.54, 1.807) is 6.08 Å². The van der Waals surface area contributed by atoms with Crippen LogP contribution in [-0.4, -0.2) is 27.8 Å². The first-order chi connectivity index (χ1) is 6.53. The monoisotopic (exact) mass is 197 g/mol. The predicted octanol–water partition coefficient (Wildman–Crippen LogP) is 0.673. The molecule has 2 aliphatic carbocycles. The van der Waals surface area contributed by atoms with Crippen LogP contribution in [-0.2, 0) is 4.79 Å². The molecule has 3 atom stereocenters. The lowest BCUT2D eigenvalue weighted by molar-refractivity contribution is -0.143. The van der Waals surface area contributed by atoms with Gasteiger partial charge in [-0.25, -0.2) is 4.79 Å². The van der Waals surface area contributed by atoms with Crippen molar-refractivity contribution in [2.24, 2.45) is 11.8 Å². The number of aliphatic carboxylic acids is 1. The first-order valence-corrected chi connectivity index (χ1v) is 4.47. The van der Waals surface area contributed by atoms with Crippen LogP contribution < -0.4 is 5.32 Å². The Labute approximate surface area is 80.4 Å². The van der Waals surface area contributed by atoms with E-state index >= 15 is 0 Å². The van der Waals surface area contributed by atoms with Crippen molar-refractivity contribution >= 4 is 12.1 Å². The second-order valence-electron chi connectivity index (χ2n) is 3.92. The Balaban J connectivity index is 2.26. The molecule has 1 saturated carbocycles. The van der Waals surface area contributed by atoms with Gasteiger partial charge in [-0.3, -0.25) is 4.79 Å². The highest BCUT2D eigenvalue weighted by molar-refractivity contribution is 5.76. The number of rotatable bonds is 2. The van der Waals surface area contributed by atoms with Crippen LogP contribution in [0.5, 0.6) is 0 Å². The highest BCUT2D eigenvalue weighted by Gasteiger charge is 2.53. The van der Waals surface area contributed by atoms with E-state index in [0.29, 0.717) is 12.8 Å². The van der Waals surface area contributed by atoms with Crippen LogP contribution in [0.2, 0.25) is 0 Å². The minimum atomic E-state index is -1.16. The van der Waals surface area contributed by atoms with Crippen LogP contribution in [0.25, 0.3) is 0 Å². The van der Waals surface area contributed by atoms with E-state index in [1.807, 2.05) is 6.08 Å². The number of amides is 1. The van der Waals surface area contributed by atoms with Gasteiger partial charge in [0.05, 0.1) is 11.5 Å². The van der Waals surface area contributed by atoms with E-state index in [9.17, 15) is 9.59 Å². The summed E-state index contributed by atoms with van der Waals surface area (Å²) in [5, 5.41) is 19.9. The molecular formula is C9H11NO4. The second-order valence-corrected chi connectivity index (χ2v) is 3.92. The molecule has 5 heteroatoms. The maximum absolute atomic E-state index is 10.9. The van der Waals surface area contributed by atoms with E-state index in [1.165, 1.54) is 0 Å². The molecule has 3 N–H and O–H groups in total. The SMILES string of the molecule is O=C(O)NC12C=CC(CC1C(=O)O)C2. The Kier molecular flexibility index (Phi) is 1.77. The van der Waals surface area contributed by atoms with Crippen molar-refractivity contribution in [1.29, 1.82) is 0 Å². The highest BCUT2D eigenvalue weighted by Crippen LogP contribution is 2.46. The van der Waals surface area contributed by atoms with Crippen LogP contribution in [0.3, 0.4) is 0 Å². The molecule has 0 radical (unpaired) electrons. The molecule has 2 aliphatic rings. The van der Waals surface area contributed by atoms with Crippen molar-refractivity contribution in [2.45, 2.75) is 18.4 Å². The summed E-state index contributed by atoms with van der Waals surface area (Å²) in [4.78, 5) is 21.5. The normalized spacial score (nSPS) is 38.6. The maximum Gasteiger partial charge on any atom is 0.405 e. The van der Waals surface area contributed by atoms with Crippen LogP contribution in [0.4, 0.5) is 4.79 Å². The largest absolute Gasteiger partial charge is 0.481 e. The van der Waals surface area contributed by atoms with Gasteiger partial charge in [0.15, 0.2) is 0 Å². The molecule has 76 valence electrons. The standard InChI is InChI=1S/C9H11NO4/c11-7(12)6-3-5-1-2-9(6,4-5)10-8(13)14/h1-2,5-6,10H,3-4H2,(H,11,12)(H,13,14). The molecule has 0 aliphatic heterocycles. The van der Waals surface area contributed by atoms with E-state index < -0.39 is 23.5 Å². The summed E-state index contributed by atoms with van der Waals surface area (Å²) in [5.41, 5.74) is -0.859. The number of hydrogen-bond donors (Lipinski definition) is 3. The Bertz CT molecular complexity index is 325. The van der Waals surface area contributed by atoms with Gasteiger partial charge in [-0.15, -0.1) is 0 Å². The first kappa shape index (κ1) is 9.05. The Morgan fingerprint density at radius 2 is 2.14 bits per heavy atom. The molecule has 0 aromatic heterocycles. The maximum atomic E-state index is 10.9. The summed E-state index contributed by atoms with van der Waals surface area (Å²) < 4.78 is 0. The van der Waals surface area contributed by atoms with Gasteiger partial charge in [0, 0.05) is 0 Å². The molecule has 2 bridgehead atoms. The lowest BCUT2D eigenvalue weighted by atomic mass is 9.86. The van der Waals surface area contributed by atoms with Crippen LogP contribution in [0.1, 0.15) is 12.8 Å². The number of nitrogens with one attached hydrogen (secondary N) is 1. The smallest absolute Gasteiger partial charge is 0.405 e. The number of allylic oxidation sites excluding steroid dienone is 1. The molecule has 1 amide bonds. The summed E-state index contributed by atoms with van der Waals surface area (Å²) in [6.07, 6.45) is 3.54. The summed E-state index contributed by atoms with van der Waals surface area (Å²) in [5.74, 6) is -1.33. The molecule has 0 heterocycles. The lowest BCUT2D eigenvalue weighted by Crippen LogP contribution is -2.51. The fraction of sp³-hybridized carbons (Fsp3) is 0.556. The van der Waals surface area contributed by atoms with Crippen molar-refractivity contribution in [3.8, 4) is 0 Å². The average Bonchev–Trinajstić information content (AvgIpc) is 2.58. The summed E-state index contributed by atoms with van der Waals surface area (Å²) in [7, 11) is 0. The zero-order valence-corrected chi connectivity index (χ0v) is 7.43. The molecule has 1 fully saturated rings. The fourth-order valence-corrected chi connectivity index (χ4v) is 2.51. The van der Waals surface area contributed by atoms with Gasteiger partial charge in [-0.05, 0) is 18.8 Å². The van der Waals surface area contributed by atoms with Crippen molar-refractivity contribution < 1.29 is 19.8 Å². The quantitative estimate of drug-likeness (QED) is 0.568. The van der Waals surface area contributed by atoms with Gasteiger partial charge in [-0.1, -0.05) is 12.2 Å². The minimum Gasteiger partial charge on any atom is -0.481 e. The second kappa shape index (κ2) is 2.73. The molecule has 2 rings (SSSR count). The van der Waals surface area contributed by atoms with Gasteiger partial charge in [0.25, 0.3) is 0 Å². The van der Waals surface area contributed by atoms with Gasteiger partial charge in [0.2, 0.25) is 0 Å². The fourth-order valence-electron chi connectivity index (χ4n) is 2.51. The number of hydrogen-bond acceptors (Lipinski definition) is 2. The van der Waals surface area contributed by atoms with E-state index in [2.05, 4.69) is 5.32 Å². The molecular weight excluding hydrogens is 186 g/mol. The van der Waals surface area contributed by atoms with Crippen molar-refractivity contribution in [3.63, 3.8) is 0 Å². The zero-order chi connectivity index (χ0) is 10.3. The third-order valence-electron chi connectivity index (χ3n) is 3.06. The van der Waals surface area contributed by atoms with E-state index in [4.69, 9.17) is 10.2 Å². The van der Waals surface area contributed by atoms with Gasteiger partial charge in [0.1, 0.15) is 0 Å². The zero-order valence-electron chi connectivity index (χ0n) is 7.43. The van der Waals surface area contributed by atoms with Crippen molar-refractivity contribution in [2.75, 3.05) is 0 Å². The number of carboxylic acids is 1. The summed E-state index contributed by atoms with van der Waals surface area (Å²) in [6.45, 7) is 0. The van der Waals surface area contributed by atoms with Gasteiger partial charge >= 0.3 is 12.1 Å². The molecule has 0 aromatic rings. The van der Waals surface area contributed by atoms with Gasteiger partial charge in [-0.2, -0.15) is 0 Å².